The number of amides is 1. The van der Waals surface area contributed by atoms with Crippen molar-refractivity contribution in [2.24, 2.45) is 5.92 Å². The molecule has 6 heteroatoms. The molecule has 2 rings (SSSR count). The molecule has 0 aliphatic carbocycles. The Kier molecular flexibility index (Phi) is 6.87. The van der Waals surface area contributed by atoms with Crippen LogP contribution in [0.1, 0.15) is 27.7 Å². The van der Waals surface area contributed by atoms with Crippen LogP contribution in [0, 0.1) is 17.2 Å². The molecule has 1 atom stereocenters. The van der Waals surface area contributed by atoms with Gasteiger partial charge in [0.1, 0.15) is 11.3 Å². The molecule has 0 aromatic heterocycles. The van der Waals surface area contributed by atoms with Crippen LogP contribution in [0.3, 0.4) is 0 Å². The Morgan fingerprint density at radius 1 is 1.31 bits per heavy atom. The minimum atomic E-state index is -0.824. The van der Waals surface area contributed by atoms with Crippen molar-refractivity contribution in [3.63, 3.8) is 0 Å². The van der Waals surface area contributed by atoms with E-state index in [1.165, 1.54) is 0 Å². The van der Waals surface area contributed by atoms with Crippen molar-refractivity contribution in [3.8, 4) is 11.8 Å². The van der Waals surface area contributed by atoms with Crippen molar-refractivity contribution < 1.29 is 9.53 Å². The summed E-state index contributed by atoms with van der Waals surface area (Å²) in [6.45, 7) is 11.9. The van der Waals surface area contributed by atoms with E-state index in [0.717, 1.165) is 37.6 Å². The van der Waals surface area contributed by atoms with E-state index in [1.807, 2.05) is 39.0 Å². The molecule has 1 aromatic rings. The maximum Gasteiger partial charge on any atom is 0.235 e. The summed E-state index contributed by atoms with van der Waals surface area (Å²) in [4.78, 5) is 16.8. The van der Waals surface area contributed by atoms with Gasteiger partial charge in [-0.3, -0.25) is 9.69 Å². The summed E-state index contributed by atoms with van der Waals surface area (Å²) in [6, 6.07) is 10.3. The maximum atomic E-state index is 12.3. The van der Waals surface area contributed by atoms with Crippen molar-refractivity contribution in [2.75, 3.05) is 44.2 Å². The molecule has 1 saturated heterocycles. The van der Waals surface area contributed by atoms with Crippen LogP contribution < -0.4 is 15.0 Å². The molecule has 0 bridgehead atoms. The van der Waals surface area contributed by atoms with Crippen LogP contribution in [0.4, 0.5) is 5.69 Å². The van der Waals surface area contributed by atoms with Gasteiger partial charge < -0.3 is 15.0 Å². The molecule has 1 N–H and O–H groups in total. The zero-order valence-corrected chi connectivity index (χ0v) is 16.3. The normalized spacial score (nSPS) is 17.5. The number of nitrogens with one attached hydrogen (secondary N) is 1. The summed E-state index contributed by atoms with van der Waals surface area (Å²) in [7, 11) is 0. The Bertz CT molecular complexity index is 647. The van der Waals surface area contributed by atoms with E-state index in [9.17, 15) is 10.1 Å². The average molecular weight is 358 g/mol. The quantitative estimate of drug-likeness (QED) is 0.810. The van der Waals surface area contributed by atoms with Crippen LogP contribution in [0.15, 0.2) is 24.3 Å². The van der Waals surface area contributed by atoms with Crippen molar-refractivity contribution in [2.45, 2.75) is 33.2 Å². The fourth-order valence-corrected chi connectivity index (χ4v) is 2.98. The highest BCUT2D eigenvalue weighted by Gasteiger charge is 2.31. The molecular weight excluding hydrogens is 328 g/mol. The lowest BCUT2D eigenvalue weighted by Crippen LogP contribution is -2.54. The Morgan fingerprint density at radius 3 is 2.54 bits per heavy atom. The average Bonchev–Trinajstić information content (AvgIpc) is 2.63. The number of piperazine rings is 1. The van der Waals surface area contributed by atoms with E-state index >= 15 is 0 Å². The highest BCUT2D eigenvalue weighted by Crippen LogP contribution is 2.28. The van der Waals surface area contributed by atoms with Crippen molar-refractivity contribution in [1.29, 1.82) is 5.26 Å². The number of nitriles is 1. The molecule has 1 aliphatic rings. The molecule has 1 aliphatic heterocycles. The lowest BCUT2D eigenvalue weighted by atomic mass is 9.90. The van der Waals surface area contributed by atoms with E-state index in [1.54, 1.807) is 6.92 Å². The number of benzene rings is 1. The van der Waals surface area contributed by atoms with E-state index in [-0.39, 0.29) is 11.8 Å². The van der Waals surface area contributed by atoms with Crippen molar-refractivity contribution >= 4 is 11.6 Å². The number of ether oxygens (including phenoxy) is 1. The molecule has 142 valence electrons. The molecule has 1 heterocycles. The topological polar surface area (TPSA) is 68.6 Å². The predicted octanol–water partition coefficient (Wildman–Crippen LogP) is 2.26. The van der Waals surface area contributed by atoms with Crippen molar-refractivity contribution in [3.05, 3.63) is 24.3 Å². The van der Waals surface area contributed by atoms with Gasteiger partial charge >= 0.3 is 0 Å². The minimum Gasteiger partial charge on any atom is -0.492 e. The van der Waals surface area contributed by atoms with Crippen LogP contribution >= 0.6 is 0 Å². The number of rotatable bonds is 7. The molecule has 1 fully saturated rings. The third-order valence-electron chi connectivity index (χ3n) is 5.03. The van der Waals surface area contributed by atoms with Gasteiger partial charge in [-0.2, -0.15) is 5.26 Å². The van der Waals surface area contributed by atoms with Crippen molar-refractivity contribution in [1.82, 2.24) is 10.2 Å². The van der Waals surface area contributed by atoms with Gasteiger partial charge in [0, 0.05) is 26.2 Å². The largest absolute Gasteiger partial charge is 0.492 e. The van der Waals surface area contributed by atoms with Gasteiger partial charge in [0.2, 0.25) is 5.91 Å². The molecular formula is C20H30N4O2. The molecule has 0 radical (unpaired) electrons. The smallest absolute Gasteiger partial charge is 0.235 e. The summed E-state index contributed by atoms with van der Waals surface area (Å²) >= 11 is 0. The third kappa shape index (κ3) is 4.89. The van der Waals surface area contributed by atoms with Crippen LogP contribution in [-0.2, 0) is 4.79 Å². The van der Waals surface area contributed by atoms with Gasteiger partial charge in [0.15, 0.2) is 0 Å². The number of para-hydroxylation sites is 2. The summed E-state index contributed by atoms with van der Waals surface area (Å²) in [6.07, 6.45) is 0. The fraction of sp³-hybridized carbons (Fsp3) is 0.600. The Hall–Kier alpha value is -2.26. The predicted molar refractivity (Wildman–Crippen MR) is 103 cm³/mol. The first-order valence-corrected chi connectivity index (χ1v) is 9.31. The Labute approximate surface area is 156 Å². The standard InChI is InChI=1S/C20H30N4O2/c1-5-26-18-9-7-6-8-17(18)24-12-10-23(11-13-24)14-19(25)22-20(4,15-21)16(2)3/h6-9,16H,5,10-14H2,1-4H3,(H,22,25)/t20-/m0/s1. The molecule has 26 heavy (non-hydrogen) atoms. The zero-order chi connectivity index (χ0) is 19.2. The number of carbonyl (C=O) groups is 1. The van der Waals surface area contributed by atoms with Gasteiger partial charge in [-0.25, -0.2) is 0 Å². The number of nitrogens with zero attached hydrogens (tertiary/aromatic N) is 3. The number of hydrogen-bond acceptors (Lipinski definition) is 5. The second-order valence-corrected chi connectivity index (χ2v) is 7.18. The molecule has 1 aromatic carbocycles. The number of carbonyl (C=O) groups excluding carboxylic acids is 1. The Balaban J connectivity index is 1.89. The van der Waals surface area contributed by atoms with Gasteiger partial charge in [0.25, 0.3) is 0 Å². The first-order chi connectivity index (χ1) is 12.4. The first kappa shape index (κ1) is 20.1. The van der Waals surface area contributed by atoms with Gasteiger partial charge in [-0.1, -0.05) is 26.0 Å². The second-order valence-electron chi connectivity index (χ2n) is 7.18. The molecule has 6 nitrogen and oxygen atoms in total. The minimum absolute atomic E-state index is 0.0587. The van der Waals surface area contributed by atoms with E-state index in [0.29, 0.717) is 13.2 Å². The summed E-state index contributed by atoms with van der Waals surface area (Å²) < 4.78 is 5.72. The Morgan fingerprint density at radius 2 is 1.96 bits per heavy atom. The first-order valence-electron chi connectivity index (χ1n) is 9.31. The maximum absolute atomic E-state index is 12.3. The third-order valence-corrected chi connectivity index (χ3v) is 5.03. The number of anilines is 1. The highest BCUT2D eigenvalue weighted by molar-refractivity contribution is 5.79. The monoisotopic (exact) mass is 358 g/mol. The van der Waals surface area contributed by atoms with Crippen LogP contribution in [-0.4, -0.2) is 55.7 Å². The highest BCUT2D eigenvalue weighted by atomic mass is 16.5. The van der Waals surface area contributed by atoms with Gasteiger partial charge in [-0.05, 0) is 31.9 Å². The van der Waals surface area contributed by atoms with Crippen LogP contribution in [0.2, 0.25) is 0 Å². The van der Waals surface area contributed by atoms with Crippen LogP contribution in [0.5, 0.6) is 5.75 Å². The second kappa shape index (κ2) is 8.91. The van der Waals surface area contributed by atoms with E-state index < -0.39 is 5.54 Å². The van der Waals surface area contributed by atoms with E-state index in [4.69, 9.17) is 4.74 Å². The fourth-order valence-electron chi connectivity index (χ4n) is 2.98. The van der Waals surface area contributed by atoms with Gasteiger partial charge in [-0.15, -0.1) is 0 Å². The van der Waals surface area contributed by atoms with Crippen LogP contribution in [0.25, 0.3) is 0 Å². The summed E-state index contributed by atoms with van der Waals surface area (Å²) in [5.41, 5.74) is 0.283. The molecule has 0 unspecified atom stereocenters. The lowest BCUT2D eigenvalue weighted by molar-refractivity contribution is -0.124. The molecule has 0 saturated carbocycles. The zero-order valence-electron chi connectivity index (χ0n) is 16.3. The lowest BCUT2D eigenvalue weighted by Gasteiger charge is -2.37. The molecule has 0 spiro atoms. The molecule has 1 amide bonds. The van der Waals surface area contributed by atoms with E-state index in [2.05, 4.69) is 27.3 Å². The summed E-state index contributed by atoms with van der Waals surface area (Å²) in [5, 5.41) is 12.2. The SMILES string of the molecule is CCOc1ccccc1N1CCN(CC(=O)N[C@@](C)(C#N)C(C)C)CC1. The summed E-state index contributed by atoms with van der Waals surface area (Å²) in [5.74, 6) is 0.872. The van der Waals surface area contributed by atoms with Gasteiger partial charge in [0.05, 0.1) is 24.9 Å². The number of hydrogen-bond donors (Lipinski definition) is 1.